The van der Waals surface area contributed by atoms with Crippen LogP contribution in [0.25, 0.3) is 10.4 Å². The van der Waals surface area contributed by atoms with Gasteiger partial charge in [-0.1, -0.05) is 30.3 Å². The lowest BCUT2D eigenvalue weighted by Gasteiger charge is -2.15. The predicted molar refractivity (Wildman–Crippen MR) is 119 cm³/mol. The van der Waals surface area contributed by atoms with E-state index in [0.29, 0.717) is 22.9 Å². The highest BCUT2D eigenvalue weighted by molar-refractivity contribution is 7.17. The van der Waals surface area contributed by atoms with E-state index in [2.05, 4.69) is 17.4 Å². The van der Waals surface area contributed by atoms with Gasteiger partial charge in [0.15, 0.2) is 18.1 Å². The summed E-state index contributed by atoms with van der Waals surface area (Å²) in [5.74, 6) is 0.365. The Morgan fingerprint density at radius 2 is 1.74 bits per heavy atom. The molecule has 1 aromatic heterocycles. The van der Waals surface area contributed by atoms with Crippen molar-refractivity contribution in [1.29, 1.82) is 0 Å². The maximum absolute atomic E-state index is 12.5. The summed E-state index contributed by atoms with van der Waals surface area (Å²) in [7, 11) is 3.12. The van der Waals surface area contributed by atoms with Crippen molar-refractivity contribution in [3.8, 4) is 21.9 Å². The summed E-state index contributed by atoms with van der Waals surface area (Å²) in [4.78, 5) is 26.3. The second-order valence-corrected chi connectivity index (χ2v) is 8.22. The number of ether oxygens (including phenoxy) is 3. The molecule has 7 heteroatoms. The topological polar surface area (TPSA) is 73.9 Å². The number of methoxy groups -OCH3 is 2. The molecule has 1 aliphatic rings. The summed E-state index contributed by atoms with van der Waals surface area (Å²) in [5, 5.41) is 2.75. The van der Waals surface area contributed by atoms with Gasteiger partial charge in [0.25, 0.3) is 5.91 Å². The normalized spacial score (nSPS) is 11.8. The van der Waals surface area contributed by atoms with Gasteiger partial charge in [-0.25, -0.2) is 4.79 Å². The average Bonchev–Trinajstić information content (AvgIpc) is 3.26. The standard InChI is InChI=1S/C24H23NO5S/c1-28-19-10-7-15(11-20(19)29-2)13-25-22(26)14-30-24(27)21-12-17-9-8-16-5-3-4-6-18(16)23(17)31-21/h3-7,10-12H,8-9,13-14H2,1-2H3,(H,25,26). The fourth-order valence-electron chi connectivity index (χ4n) is 3.62. The first-order valence-corrected chi connectivity index (χ1v) is 10.8. The molecule has 0 radical (unpaired) electrons. The number of hydrogen-bond acceptors (Lipinski definition) is 6. The van der Waals surface area contributed by atoms with Gasteiger partial charge >= 0.3 is 5.97 Å². The molecule has 160 valence electrons. The molecular weight excluding hydrogens is 414 g/mol. The number of esters is 1. The average molecular weight is 438 g/mol. The van der Waals surface area contributed by atoms with Crippen LogP contribution in [0.1, 0.15) is 26.4 Å². The number of benzene rings is 2. The van der Waals surface area contributed by atoms with E-state index < -0.39 is 5.97 Å². The van der Waals surface area contributed by atoms with Gasteiger partial charge in [-0.05, 0) is 53.3 Å². The summed E-state index contributed by atoms with van der Waals surface area (Å²) in [6, 6.07) is 15.5. The van der Waals surface area contributed by atoms with Crippen LogP contribution in [0.4, 0.5) is 0 Å². The van der Waals surface area contributed by atoms with Crippen molar-refractivity contribution < 1.29 is 23.8 Å². The number of carbonyl (C=O) groups excluding carboxylic acids is 2. The molecule has 0 spiro atoms. The number of nitrogens with one attached hydrogen (secondary N) is 1. The maximum atomic E-state index is 12.5. The monoisotopic (exact) mass is 437 g/mol. The molecule has 4 rings (SSSR count). The zero-order valence-electron chi connectivity index (χ0n) is 17.4. The zero-order chi connectivity index (χ0) is 21.8. The van der Waals surface area contributed by atoms with Gasteiger partial charge in [0.05, 0.1) is 14.2 Å². The number of aryl methyl sites for hydroxylation is 2. The minimum Gasteiger partial charge on any atom is -0.493 e. The number of rotatable bonds is 7. The van der Waals surface area contributed by atoms with Gasteiger partial charge in [0.2, 0.25) is 0 Å². The third-order valence-corrected chi connectivity index (χ3v) is 6.40. The van der Waals surface area contributed by atoms with Crippen LogP contribution in [0.5, 0.6) is 11.5 Å². The Morgan fingerprint density at radius 3 is 2.55 bits per heavy atom. The van der Waals surface area contributed by atoms with Crippen molar-refractivity contribution in [2.75, 3.05) is 20.8 Å². The Labute approximate surface area is 184 Å². The van der Waals surface area contributed by atoms with E-state index in [9.17, 15) is 9.59 Å². The molecule has 1 heterocycles. The van der Waals surface area contributed by atoms with Gasteiger partial charge in [-0.2, -0.15) is 0 Å². The molecule has 1 amide bonds. The van der Waals surface area contributed by atoms with Crippen LogP contribution in [0.2, 0.25) is 0 Å². The summed E-state index contributed by atoms with van der Waals surface area (Å²) in [5.41, 5.74) is 4.49. The van der Waals surface area contributed by atoms with Crippen molar-refractivity contribution in [3.05, 3.63) is 70.1 Å². The van der Waals surface area contributed by atoms with E-state index >= 15 is 0 Å². The molecule has 0 saturated carbocycles. The molecular formula is C24H23NO5S. The first-order chi connectivity index (χ1) is 15.1. The molecule has 31 heavy (non-hydrogen) atoms. The molecule has 0 fully saturated rings. The summed E-state index contributed by atoms with van der Waals surface area (Å²) < 4.78 is 15.7. The SMILES string of the molecule is COc1ccc(CNC(=O)COC(=O)c2cc3c(s2)-c2ccccc2CC3)cc1OC. The summed E-state index contributed by atoms with van der Waals surface area (Å²) in [6.07, 6.45) is 1.87. The van der Waals surface area contributed by atoms with Crippen LogP contribution < -0.4 is 14.8 Å². The number of fused-ring (bicyclic) bond motifs is 3. The Balaban J connectivity index is 1.33. The van der Waals surface area contributed by atoms with Crippen LogP contribution in [0.3, 0.4) is 0 Å². The van der Waals surface area contributed by atoms with Crippen molar-refractivity contribution in [1.82, 2.24) is 5.32 Å². The Morgan fingerprint density at radius 1 is 0.968 bits per heavy atom. The Kier molecular flexibility index (Phi) is 6.23. The fraction of sp³-hybridized carbons (Fsp3) is 0.250. The molecule has 6 nitrogen and oxygen atoms in total. The second kappa shape index (κ2) is 9.22. The molecule has 0 saturated heterocycles. The van der Waals surface area contributed by atoms with E-state index in [0.717, 1.165) is 28.8 Å². The second-order valence-electron chi connectivity index (χ2n) is 7.16. The number of hydrogen-bond donors (Lipinski definition) is 1. The number of thiophene rings is 1. The van der Waals surface area contributed by atoms with Crippen molar-refractivity contribution >= 4 is 23.2 Å². The molecule has 1 aliphatic carbocycles. The van der Waals surface area contributed by atoms with Crippen molar-refractivity contribution in [2.45, 2.75) is 19.4 Å². The van der Waals surface area contributed by atoms with Crippen LogP contribution in [0, 0.1) is 0 Å². The third kappa shape index (κ3) is 4.56. The van der Waals surface area contributed by atoms with Gasteiger partial charge in [-0.15, -0.1) is 11.3 Å². The van der Waals surface area contributed by atoms with Crippen molar-refractivity contribution in [2.24, 2.45) is 0 Å². The molecule has 1 N–H and O–H groups in total. The molecule has 3 aromatic rings. The van der Waals surface area contributed by atoms with Crippen LogP contribution in [-0.4, -0.2) is 32.7 Å². The van der Waals surface area contributed by atoms with Crippen LogP contribution >= 0.6 is 11.3 Å². The predicted octanol–water partition coefficient (Wildman–Crippen LogP) is 4.00. The minimum absolute atomic E-state index is 0.292. The summed E-state index contributed by atoms with van der Waals surface area (Å²) >= 11 is 1.42. The van der Waals surface area contributed by atoms with E-state index in [-0.39, 0.29) is 12.5 Å². The molecule has 2 aromatic carbocycles. The van der Waals surface area contributed by atoms with Crippen LogP contribution in [-0.2, 0) is 28.9 Å². The molecule has 0 bridgehead atoms. The largest absolute Gasteiger partial charge is 0.493 e. The lowest BCUT2D eigenvalue weighted by atomic mass is 9.91. The van der Waals surface area contributed by atoms with Gasteiger partial charge in [-0.3, -0.25) is 4.79 Å². The van der Waals surface area contributed by atoms with Gasteiger partial charge < -0.3 is 19.5 Å². The smallest absolute Gasteiger partial charge is 0.348 e. The minimum atomic E-state index is -0.474. The fourth-order valence-corrected chi connectivity index (χ4v) is 4.78. The first-order valence-electron chi connectivity index (χ1n) is 9.94. The molecule has 0 atom stereocenters. The van der Waals surface area contributed by atoms with E-state index in [1.165, 1.54) is 22.5 Å². The highest BCUT2D eigenvalue weighted by Gasteiger charge is 2.22. The third-order valence-electron chi connectivity index (χ3n) is 5.21. The molecule has 0 unspecified atom stereocenters. The van der Waals surface area contributed by atoms with E-state index in [1.807, 2.05) is 24.3 Å². The zero-order valence-corrected chi connectivity index (χ0v) is 18.2. The lowest BCUT2D eigenvalue weighted by molar-refractivity contribution is -0.124. The van der Waals surface area contributed by atoms with E-state index in [1.54, 1.807) is 26.4 Å². The van der Waals surface area contributed by atoms with Crippen LogP contribution in [0.15, 0.2) is 48.5 Å². The first kappa shape index (κ1) is 20.9. The lowest BCUT2D eigenvalue weighted by Crippen LogP contribution is -2.28. The molecule has 0 aliphatic heterocycles. The maximum Gasteiger partial charge on any atom is 0.348 e. The highest BCUT2D eigenvalue weighted by atomic mass is 32.1. The number of carbonyl (C=O) groups is 2. The summed E-state index contributed by atoms with van der Waals surface area (Å²) in [6.45, 7) is -0.0356. The Hall–Kier alpha value is -3.32. The Bertz CT molecular complexity index is 1120. The van der Waals surface area contributed by atoms with Crippen molar-refractivity contribution in [3.63, 3.8) is 0 Å². The van der Waals surface area contributed by atoms with Gasteiger partial charge in [0, 0.05) is 11.4 Å². The van der Waals surface area contributed by atoms with Gasteiger partial charge in [0.1, 0.15) is 4.88 Å². The highest BCUT2D eigenvalue weighted by Crippen LogP contribution is 2.39. The van der Waals surface area contributed by atoms with E-state index in [4.69, 9.17) is 14.2 Å². The number of amides is 1. The quantitative estimate of drug-likeness (QED) is 0.566.